The van der Waals surface area contributed by atoms with Crippen molar-refractivity contribution in [2.45, 2.75) is 6.92 Å². The van der Waals surface area contributed by atoms with E-state index in [0.29, 0.717) is 23.0 Å². The van der Waals surface area contributed by atoms with Gasteiger partial charge in [0.2, 0.25) is 5.88 Å². The van der Waals surface area contributed by atoms with E-state index in [0.717, 1.165) is 27.9 Å². The van der Waals surface area contributed by atoms with Crippen LogP contribution in [0.1, 0.15) is 5.69 Å². The molecule has 0 atom stereocenters. The fraction of sp³-hybridized carbons (Fsp3) is 0.107. The Morgan fingerprint density at radius 2 is 1.63 bits per heavy atom. The molecule has 3 aromatic carbocycles. The third kappa shape index (κ3) is 4.56. The third-order valence-electron chi connectivity index (χ3n) is 5.61. The molecule has 174 valence electrons. The van der Waals surface area contributed by atoms with Crippen molar-refractivity contribution in [3.63, 3.8) is 0 Å². The molecule has 0 aliphatic rings. The van der Waals surface area contributed by atoms with Crippen LogP contribution >= 0.6 is 0 Å². The van der Waals surface area contributed by atoms with Crippen LogP contribution in [-0.2, 0) is 4.79 Å². The van der Waals surface area contributed by atoms with Gasteiger partial charge in [-0.25, -0.2) is 4.68 Å². The van der Waals surface area contributed by atoms with Crippen molar-refractivity contribution in [2.75, 3.05) is 19.0 Å². The monoisotopic (exact) mass is 464 g/mol. The minimum atomic E-state index is -0.314. The van der Waals surface area contributed by atoms with Gasteiger partial charge in [0.1, 0.15) is 5.75 Å². The second-order valence-corrected chi connectivity index (χ2v) is 7.94. The van der Waals surface area contributed by atoms with Crippen LogP contribution in [0, 0.1) is 6.92 Å². The highest BCUT2D eigenvalue weighted by Gasteiger charge is 2.18. The van der Waals surface area contributed by atoms with Gasteiger partial charge >= 0.3 is 0 Å². The second-order valence-electron chi connectivity index (χ2n) is 7.94. The normalized spacial score (nSPS) is 10.8. The lowest BCUT2D eigenvalue weighted by atomic mass is 10.0. The van der Waals surface area contributed by atoms with Crippen LogP contribution in [0.3, 0.4) is 0 Å². The Morgan fingerprint density at radius 1 is 0.943 bits per heavy atom. The topological polar surface area (TPSA) is 78.3 Å². The van der Waals surface area contributed by atoms with Crippen molar-refractivity contribution in [3.05, 3.63) is 96.7 Å². The number of nitrogens with zero attached hydrogens (tertiary/aromatic N) is 3. The van der Waals surface area contributed by atoms with Crippen LogP contribution in [0.2, 0.25) is 0 Å². The summed E-state index contributed by atoms with van der Waals surface area (Å²) in [6.45, 7) is 1.76. The molecular weight excluding hydrogens is 440 g/mol. The number of hydrogen-bond acceptors (Lipinski definition) is 5. The SMILES string of the molecule is COc1ccccc1NC(=O)COc1cc(-c2ccccc2)c2c(C)nn(-c3ccccc3)c2n1. The predicted molar refractivity (Wildman–Crippen MR) is 136 cm³/mol. The molecule has 0 aliphatic carbocycles. The number of fused-ring (bicyclic) bond motifs is 1. The largest absolute Gasteiger partial charge is 0.495 e. The number of methoxy groups -OCH3 is 1. The average molecular weight is 465 g/mol. The van der Waals surface area contributed by atoms with Gasteiger partial charge in [-0.15, -0.1) is 0 Å². The van der Waals surface area contributed by atoms with Crippen LogP contribution in [0.5, 0.6) is 11.6 Å². The summed E-state index contributed by atoms with van der Waals surface area (Å²) in [6.07, 6.45) is 0. The standard InChI is InChI=1S/C28H24N4O3/c1-19-27-22(20-11-5-3-6-12-20)17-26(30-28(27)32(31-19)21-13-7-4-8-14-21)35-18-25(33)29-23-15-9-10-16-24(23)34-2/h3-17H,18H2,1-2H3,(H,29,33). The molecule has 2 aromatic heterocycles. The molecule has 0 saturated carbocycles. The maximum Gasteiger partial charge on any atom is 0.262 e. The van der Waals surface area contributed by atoms with Gasteiger partial charge in [0.15, 0.2) is 12.3 Å². The summed E-state index contributed by atoms with van der Waals surface area (Å²) < 4.78 is 13.0. The Labute approximate surface area is 203 Å². The summed E-state index contributed by atoms with van der Waals surface area (Å²) in [5, 5.41) is 8.52. The number of benzene rings is 3. The molecule has 0 fully saturated rings. The number of aromatic nitrogens is 3. The molecule has 0 bridgehead atoms. The number of rotatable bonds is 7. The Hall–Kier alpha value is -4.65. The van der Waals surface area contributed by atoms with Crippen LogP contribution in [0.4, 0.5) is 5.69 Å². The van der Waals surface area contributed by atoms with E-state index < -0.39 is 0 Å². The summed E-state index contributed by atoms with van der Waals surface area (Å²) in [5.74, 6) is 0.600. The van der Waals surface area contributed by atoms with E-state index in [9.17, 15) is 4.79 Å². The zero-order valence-electron chi connectivity index (χ0n) is 19.4. The minimum absolute atomic E-state index is 0.205. The fourth-order valence-corrected chi connectivity index (χ4v) is 4.01. The molecule has 5 aromatic rings. The summed E-state index contributed by atoms with van der Waals surface area (Å²) >= 11 is 0. The smallest absolute Gasteiger partial charge is 0.262 e. The van der Waals surface area contributed by atoms with Crippen LogP contribution in [-0.4, -0.2) is 34.4 Å². The first-order valence-corrected chi connectivity index (χ1v) is 11.2. The molecule has 1 N–H and O–H groups in total. The van der Waals surface area contributed by atoms with Gasteiger partial charge in [-0.05, 0) is 42.3 Å². The fourth-order valence-electron chi connectivity index (χ4n) is 4.01. The Kier molecular flexibility index (Phi) is 6.13. The van der Waals surface area contributed by atoms with Crippen molar-refractivity contribution in [1.29, 1.82) is 0 Å². The highest BCUT2D eigenvalue weighted by atomic mass is 16.5. The number of carbonyl (C=O) groups excluding carboxylic acids is 1. The maximum absolute atomic E-state index is 12.6. The van der Waals surface area contributed by atoms with E-state index in [1.165, 1.54) is 0 Å². The van der Waals surface area contributed by atoms with Gasteiger partial charge in [-0.2, -0.15) is 10.1 Å². The first kappa shape index (κ1) is 22.2. The van der Waals surface area contributed by atoms with E-state index in [2.05, 4.69) is 5.32 Å². The average Bonchev–Trinajstić information content (AvgIpc) is 3.24. The van der Waals surface area contributed by atoms with Crippen molar-refractivity contribution in [2.24, 2.45) is 0 Å². The lowest BCUT2D eigenvalue weighted by Gasteiger charge is -2.12. The number of para-hydroxylation sites is 3. The summed E-state index contributed by atoms with van der Waals surface area (Å²) in [4.78, 5) is 17.4. The van der Waals surface area contributed by atoms with Gasteiger partial charge in [-0.3, -0.25) is 4.79 Å². The first-order chi connectivity index (χ1) is 17.1. The molecule has 5 rings (SSSR count). The van der Waals surface area contributed by atoms with E-state index in [-0.39, 0.29) is 12.5 Å². The third-order valence-corrected chi connectivity index (χ3v) is 5.61. The number of anilines is 1. The molecule has 1 amide bonds. The van der Waals surface area contributed by atoms with Crippen molar-refractivity contribution in [3.8, 4) is 28.4 Å². The number of nitrogens with one attached hydrogen (secondary N) is 1. The zero-order chi connectivity index (χ0) is 24.2. The molecular formula is C28H24N4O3. The van der Waals surface area contributed by atoms with Gasteiger partial charge in [0.05, 0.1) is 29.6 Å². The Balaban J connectivity index is 1.51. The van der Waals surface area contributed by atoms with E-state index >= 15 is 0 Å². The molecule has 2 heterocycles. The number of carbonyl (C=O) groups is 1. The molecule has 35 heavy (non-hydrogen) atoms. The molecule has 0 aliphatic heterocycles. The Morgan fingerprint density at radius 3 is 2.37 bits per heavy atom. The highest BCUT2D eigenvalue weighted by Crippen LogP contribution is 2.34. The summed E-state index contributed by atoms with van der Waals surface area (Å²) in [5.41, 5.74) is 4.94. The quantitative estimate of drug-likeness (QED) is 0.348. The molecule has 0 radical (unpaired) electrons. The number of aryl methyl sites for hydroxylation is 1. The summed E-state index contributed by atoms with van der Waals surface area (Å²) in [6, 6.07) is 28.9. The van der Waals surface area contributed by atoms with Crippen LogP contribution in [0.15, 0.2) is 91.0 Å². The molecule has 0 spiro atoms. The van der Waals surface area contributed by atoms with Gasteiger partial charge in [-0.1, -0.05) is 60.7 Å². The summed E-state index contributed by atoms with van der Waals surface area (Å²) in [7, 11) is 1.56. The van der Waals surface area contributed by atoms with Crippen LogP contribution < -0.4 is 14.8 Å². The maximum atomic E-state index is 12.6. The minimum Gasteiger partial charge on any atom is -0.495 e. The predicted octanol–water partition coefficient (Wildman–Crippen LogP) is 5.42. The Bertz CT molecular complexity index is 1480. The number of hydrogen-bond donors (Lipinski definition) is 1. The van der Waals surface area contributed by atoms with Crippen molar-refractivity contribution >= 4 is 22.6 Å². The van der Waals surface area contributed by atoms with Crippen molar-refractivity contribution < 1.29 is 14.3 Å². The first-order valence-electron chi connectivity index (χ1n) is 11.2. The van der Waals surface area contributed by atoms with Gasteiger partial charge in [0, 0.05) is 6.07 Å². The molecule has 7 nitrogen and oxygen atoms in total. The molecule has 7 heteroatoms. The lowest BCUT2D eigenvalue weighted by Crippen LogP contribution is -2.20. The van der Waals surface area contributed by atoms with Gasteiger partial charge < -0.3 is 14.8 Å². The molecule has 0 saturated heterocycles. The second kappa shape index (κ2) is 9.69. The van der Waals surface area contributed by atoms with Crippen molar-refractivity contribution in [1.82, 2.24) is 14.8 Å². The number of amides is 1. The van der Waals surface area contributed by atoms with Gasteiger partial charge in [0.25, 0.3) is 5.91 Å². The molecule has 0 unspecified atom stereocenters. The van der Waals surface area contributed by atoms with E-state index in [1.807, 2.05) is 85.8 Å². The zero-order valence-corrected chi connectivity index (χ0v) is 19.4. The van der Waals surface area contributed by atoms with E-state index in [4.69, 9.17) is 19.6 Å². The lowest BCUT2D eigenvalue weighted by molar-refractivity contribution is -0.118. The number of pyridine rings is 1. The highest BCUT2D eigenvalue weighted by molar-refractivity contribution is 5.96. The van der Waals surface area contributed by atoms with E-state index in [1.54, 1.807) is 23.9 Å². The van der Waals surface area contributed by atoms with Crippen LogP contribution in [0.25, 0.3) is 27.8 Å². The number of ether oxygens (including phenoxy) is 2.